The van der Waals surface area contributed by atoms with E-state index in [-0.39, 0.29) is 11.4 Å². The smallest absolute Gasteiger partial charge is 0.220 e. The molecule has 0 aromatic heterocycles. The first-order valence-electron chi connectivity index (χ1n) is 7.23. The van der Waals surface area contributed by atoms with Gasteiger partial charge in [-0.2, -0.15) is 0 Å². The molecule has 4 heteroatoms. The second-order valence-corrected chi connectivity index (χ2v) is 5.28. The summed E-state index contributed by atoms with van der Waals surface area (Å²) in [6, 6.07) is 6.00. The minimum absolute atomic E-state index is 0.102. The number of amides is 1. The number of ether oxygens (including phenoxy) is 2. The van der Waals surface area contributed by atoms with Gasteiger partial charge in [0.25, 0.3) is 0 Å². The molecule has 0 bridgehead atoms. The van der Waals surface area contributed by atoms with E-state index < -0.39 is 0 Å². The molecule has 1 aliphatic rings. The average molecular weight is 277 g/mol. The lowest BCUT2D eigenvalue weighted by atomic mass is 9.87. The molecule has 0 saturated carbocycles. The van der Waals surface area contributed by atoms with Crippen LogP contribution in [0.2, 0.25) is 0 Å². The first kappa shape index (κ1) is 14.7. The van der Waals surface area contributed by atoms with Crippen LogP contribution in [0.25, 0.3) is 0 Å². The van der Waals surface area contributed by atoms with E-state index in [0.717, 1.165) is 36.3 Å². The van der Waals surface area contributed by atoms with E-state index in [0.29, 0.717) is 13.0 Å². The van der Waals surface area contributed by atoms with Crippen molar-refractivity contribution in [2.75, 3.05) is 13.7 Å². The van der Waals surface area contributed by atoms with Crippen LogP contribution in [0.1, 0.15) is 38.7 Å². The van der Waals surface area contributed by atoms with Crippen LogP contribution in [0, 0.1) is 0 Å². The van der Waals surface area contributed by atoms with Gasteiger partial charge in [0.1, 0.15) is 0 Å². The normalized spacial score (nSPS) is 21.6. The van der Waals surface area contributed by atoms with Gasteiger partial charge in [-0.1, -0.05) is 13.0 Å². The fourth-order valence-electron chi connectivity index (χ4n) is 2.78. The Bertz CT molecular complexity index is 487. The molecule has 1 aromatic carbocycles. The number of hydrogen-bond donors (Lipinski definition) is 1. The predicted molar refractivity (Wildman–Crippen MR) is 78.3 cm³/mol. The number of carbonyl (C=O) groups excluding carboxylic acids is 1. The monoisotopic (exact) mass is 277 g/mol. The molecule has 1 aromatic rings. The van der Waals surface area contributed by atoms with Crippen molar-refractivity contribution in [3.8, 4) is 11.5 Å². The summed E-state index contributed by atoms with van der Waals surface area (Å²) in [5.41, 5.74) is 1.06. The standard InChI is InChI=1S/C16H23NO3/c1-4-16(9-8-15(18)17-16)11-12-6-7-13(20-5-2)14(10-12)19-3/h6-7,10H,4-5,8-9,11H2,1-3H3,(H,17,18). The van der Waals surface area contributed by atoms with Crippen molar-refractivity contribution in [2.24, 2.45) is 0 Å². The quantitative estimate of drug-likeness (QED) is 0.869. The van der Waals surface area contributed by atoms with Crippen molar-refractivity contribution < 1.29 is 14.3 Å². The van der Waals surface area contributed by atoms with Crippen LogP contribution >= 0.6 is 0 Å². The van der Waals surface area contributed by atoms with Crippen molar-refractivity contribution in [3.63, 3.8) is 0 Å². The van der Waals surface area contributed by atoms with Gasteiger partial charge in [0.05, 0.1) is 13.7 Å². The Hall–Kier alpha value is -1.71. The van der Waals surface area contributed by atoms with Crippen molar-refractivity contribution in [2.45, 2.75) is 45.1 Å². The zero-order chi connectivity index (χ0) is 14.6. The van der Waals surface area contributed by atoms with E-state index in [1.165, 1.54) is 0 Å². The number of rotatable bonds is 6. The lowest BCUT2D eigenvalue weighted by molar-refractivity contribution is -0.119. The highest BCUT2D eigenvalue weighted by Crippen LogP contribution is 2.32. The summed E-state index contributed by atoms with van der Waals surface area (Å²) in [6.07, 6.45) is 3.30. The van der Waals surface area contributed by atoms with Crippen molar-refractivity contribution >= 4 is 5.91 Å². The van der Waals surface area contributed by atoms with Crippen molar-refractivity contribution in [3.05, 3.63) is 23.8 Å². The van der Waals surface area contributed by atoms with Gasteiger partial charge < -0.3 is 14.8 Å². The summed E-state index contributed by atoms with van der Waals surface area (Å²) in [6.45, 7) is 4.69. The van der Waals surface area contributed by atoms with Crippen LogP contribution in [-0.4, -0.2) is 25.2 Å². The molecule has 20 heavy (non-hydrogen) atoms. The van der Waals surface area contributed by atoms with E-state index in [4.69, 9.17) is 9.47 Å². The SMILES string of the molecule is CCOc1ccc(CC2(CC)CCC(=O)N2)cc1OC. The fraction of sp³-hybridized carbons (Fsp3) is 0.562. The summed E-state index contributed by atoms with van der Waals surface area (Å²) >= 11 is 0. The molecule has 1 amide bonds. The third-order valence-electron chi connectivity index (χ3n) is 3.98. The Morgan fingerprint density at radius 2 is 2.10 bits per heavy atom. The molecule has 1 unspecified atom stereocenters. The van der Waals surface area contributed by atoms with Gasteiger partial charge in [-0.3, -0.25) is 4.79 Å². The second-order valence-electron chi connectivity index (χ2n) is 5.28. The Labute approximate surface area is 120 Å². The highest BCUT2D eigenvalue weighted by Gasteiger charge is 2.36. The first-order chi connectivity index (χ1) is 9.62. The zero-order valence-electron chi connectivity index (χ0n) is 12.5. The lowest BCUT2D eigenvalue weighted by Crippen LogP contribution is -2.42. The molecule has 1 saturated heterocycles. The minimum atomic E-state index is -0.102. The molecule has 0 radical (unpaired) electrons. The van der Waals surface area contributed by atoms with Crippen LogP contribution in [0.4, 0.5) is 0 Å². The minimum Gasteiger partial charge on any atom is -0.493 e. The van der Waals surface area contributed by atoms with Crippen LogP contribution < -0.4 is 14.8 Å². The van der Waals surface area contributed by atoms with Crippen molar-refractivity contribution in [1.29, 1.82) is 0 Å². The van der Waals surface area contributed by atoms with Gasteiger partial charge in [-0.05, 0) is 43.9 Å². The second kappa shape index (κ2) is 6.16. The first-order valence-corrected chi connectivity index (χ1v) is 7.23. The Morgan fingerprint density at radius 1 is 1.30 bits per heavy atom. The molecular formula is C16H23NO3. The number of benzene rings is 1. The largest absolute Gasteiger partial charge is 0.493 e. The van der Waals surface area contributed by atoms with Crippen LogP contribution in [0.5, 0.6) is 11.5 Å². The van der Waals surface area contributed by atoms with Crippen LogP contribution in [0.3, 0.4) is 0 Å². The zero-order valence-corrected chi connectivity index (χ0v) is 12.5. The van der Waals surface area contributed by atoms with Gasteiger partial charge in [0, 0.05) is 12.0 Å². The molecule has 1 fully saturated rings. The number of hydrogen-bond acceptors (Lipinski definition) is 3. The van der Waals surface area contributed by atoms with Gasteiger partial charge >= 0.3 is 0 Å². The molecule has 0 aliphatic carbocycles. The van der Waals surface area contributed by atoms with Gasteiger partial charge in [0.15, 0.2) is 11.5 Å². The summed E-state index contributed by atoms with van der Waals surface area (Å²) in [4.78, 5) is 11.5. The van der Waals surface area contributed by atoms with Gasteiger partial charge in [-0.25, -0.2) is 0 Å². The summed E-state index contributed by atoms with van der Waals surface area (Å²) < 4.78 is 10.9. The molecular weight excluding hydrogens is 254 g/mol. The summed E-state index contributed by atoms with van der Waals surface area (Å²) in [5, 5.41) is 3.13. The van der Waals surface area contributed by atoms with Crippen molar-refractivity contribution in [1.82, 2.24) is 5.32 Å². The molecule has 4 nitrogen and oxygen atoms in total. The molecule has 1 atom stereocenters. The molecule has 1 N–H and O–H groups in total. The van der Waals surface area contributed by atoms with Crippen LogP contribution in [0.15, 0.2) is 18.2 Å². The lowest BCUT2D eigenvalue weighted by Gasteiger charge is -2.28. The molecule has 1 heterocycles. The average Bonchev–Trinajstić information content (AvgIpc) is 2.82. The Morgan fingerprint density at radius 3 is 2.65 bits per heavy atom. The number of carbonyl (C=O) groups is 1. The number of nitrogens with one attached hydrogen (secondary N) is 1. The topological polar surface area (TPSA) is 47.6 Å². The van der Waals surface area contributed by atoms with Gasteiger partial charge in [0.2, 0.25) is 5.91 Å². The molecule has 110 valence electrons. The predicted octanol–water partition coefficient (Wildman–Crippen LogP) is 2.70. The summed E-state index contributed by atoms with van der Waals surface area (Å²) in [5.74, 6) is 1.67. The Kier molecular flexibility index (Phi) is 4.53. The summed E-state index contributed by atoms with van der Waals surface area (Å²) in [7, 11) is 1.65. The Balaban J connectivity index is 2.18. The highest BCUT2D eigenvalue weighted by molar-refractivity contribution is 5.79. The highest BCUT2D eigenvalue weighted by atomic mass is 16.5. The van der Waals surface area contributed by atoms with Crippen LogP contribution in [-0.2, 0) is 11.2 Å². The maximum atomic E-state index is 11.5. The third-order valence-corrected chi connectivity index (χ3v) is 3.98. The molecule has 1 aliphatic heterocycles. The maximum absolute atomic E-state index is 11.5. The van der Waals surface area contributed by atoms with E-state index >= 15 is 0 Å². The molecule has 0 spiro atoms. The van der Waals surface area contributed by atoms with E-state index in [1.807, 2.05) is 19.1 Å². The number of methoxy groups -OCH3 is 1. The van der Waals surface area contributed by atoms with E-state index in [9.17, 15) is 4.79 Å². The van der Waals surface area contributed by atoms with Gasteiger partial charge in [-0.15, -0.1) is 0 Å². The maximum Gasteiger partial charge on any atom is 0.220 e. The van der Waals surface area contributed by atoms with E-state index in [1.54, 1.807) is 7.11 Å². The van der Waals surface area contributed by atoms with E-state index in [2.05, 4.69) is 18.3 Å². The fourth-order valence-corrected chi connectivity index (χ4v) is 2.78. The third kappa shape index (κ3) is 3.06. The molecule has 2 rings (SSSR count).